The van der Waals surface area contributed by atoms with Gasteiger partial charge in [-0.2, -0.15) is 0 Å². The lowest BCUT2D eigenvalue weighted by Crippen LogP contribution is -2.39. The molecule has 1 heterocycles. The van der Waals surface area contributed by atoms with Crippen LogP contribution in [0.1, 0.15) is 12.5 Å². The number of carbonyl (C=O) groups is 2. The van der Waals surface area contributed by atoms with E-state index in [-0.39, 0.29) is 41.4 Å². The summed E-state index contributed by atoms with van der Waals surface area (Å²) in [6.45, 7) is 1.79. The third-order valence-corrected chi connectivity index (χ3v) is 6.04. The number of hydrogen-bond donors (Lipinski definition) is 2. The zero-order chi connectivity index (χ0) is 21.0. The zero-order valence-corrected chi connectivity index (χ0v) is 17.2. The predicted molar refractivity (Wildman–Crippen MR) is 108 cm³/mol. The van der Waals surface area contributed by atoms with Gasteiger partial charge in [-0.05, 0) is 24.3 Å². The number of amides is 2. The van der Waals surface area contributed by atoms with E-state index in [1.807, 2.05) is 18.2 Å². The number of nitrogens with one attached hydrogen (secondary N) is 2. The molecule has 0 atom stereocenters. The Kier molecular flexibility index (Phi) is 6.41. The van der Waals surface area contributed by atoms with Crippen LogP contribution in [0.4, 0.5) is 5.69 Å². The fourth-order valence-electron chi connectivity index (χ4n) is 2.86. The second kappa shape index (κ2) is 8.81. The monoisotopic (exact) mass is 437 g/mol. The Morgan fingerprint density at radius 3 is 2.72 bits per heavy atom. The van der Waals surface area contributed by atoms with E-state index >= 15 is 0 Å². The molecule has 0 saturated carbocycles. The lowest BCUT2D eigenvalue weighted by atomic mass is 10.2. The second-order valence-electron chi connectivity index (χ2n) is 6.43. The second-order valence-corrected chi connectivity index (χ2v) is 8.61. The molecule has 8 nitrogen and oxygen atoms in total. The zero-order valence-electron chi connectivity index (χ0n) is 15.6. The van der Waals surface area contributed by atoms with Gasteiger partial charge in [0, 0.05) is 32.1 Å². The van der Waals surface area contributed by atoms with Gasteiger partial charge in [0.2, 0.25) is 15.9 Å². The first-order valence-corrected chi connectivity index (χ1v) is 10.7. The lowest BCUT2D eigenvalue weighted by molar-refractivity contribution is -0.133. The fourth-order valence-corrected chi connectivity index (χ4v) is 4.20. The van der Waals surface area contributed by atoms with Crippen molar-refractivity contribution in [3.63, 3.8) is 0 Å². The number of ether oxygens (including phenoxy) is 1. The van der Waals surface area contributed by atoms with E-state index in [0.29, 0.717) is 18.0 Å². The molecule has 0 spiro atoms. The molecule has 0 fully saturated rings. The van der Waals surface area contributed by atoms with Gasteiger partial charge in [0.05, 0.1) is 15.6 Å². The van der Waals surface area contributed by atoms with E-state index < -0.39 is 10.0 Å². The molecule has 0 radical (unpaired) electrons. The minimum absolute atomic E-state index is 0.0291. The molecule has 0 unspecified atom stereocenters. The van der Waals surface area contributed by atoms with Gasteiger partial charge in [-0.3, -0.25) is 9.59 Å². The normalized spacial score (nSPS) is 14.0. The number of hydrogen-bond acceptors (Lipinski definition) is 5. The highest BCUT2D eigenvalue weighted by Crippen LogP contribution is 2.25. The topological polar surface area (TPSA) is 105 Å². The molecule has 2 aromatic rings. The largest absolute Gasteiger partial charge is 0.483 e. The van der Waals surface area contributed by atoms with Crippen molar-refractivity contribution in [3.05, 3.63) is 53.1 Å². The number of fused-ring (bicyclic) bond motifs is 1. The van der Waals surface area contributed by atoms with Gasteiger partial charge in [0.15, 0.2) is 6.61 Å². The molecule has 1 aliphatic rings. The van der Waals surface area contributed by atoms with E-state index in [2.05, 4.69) is 10.0 Å². The van der Waals surface area contributed by atoms with Crippen LogP contribution in [0.25, 0.3) is 0 Å². The molecule has 2 aromatic carbocycles. The van der Waals surface area contributed by atoms with Gasteiger partial charge in [0.1, 0.15) is 5.75 Å². The summed E-state index contributed by atoms with van der Waals surface area (Å²) in [6, 6.07) is 11.4. The van der Waals surface area contributed by atoms with Gasteiger partial charge >= 0.3 is 0 Å². The number of benzene rings is 2. The van der Waals surface area contributed by atoms with Crippen LogP contribution in [0.15, 0.2) is 47.4 Å². The SMILES string of the molecule is CC(=O)Nc1ccc(S(=O)(=O)NCCN2Cc3ccccc3OCC2=O)cc1Cl. The van der Waals surface area contributed by atoms with Crippen molar-refractivity contribution in [2.75, 3.05) is 25.0 Å². The molecule has 10 heteroatoms. The lowest BCUT2D eigenvalue weighted by Gasteiger charge is -2.20. The Bertz CT molecular complexity index is 1040. The molecule has 0 saturated heterocycles. The Labute approximate surface area is 173 Å². The van der Waals surface area contributed by atoms with Gasteiger partial charge in [0.25, 0.3) is 5.91 Å². The summed E-state index contributed by atoms with van der Waals surface area (Å²) >= 11 is 6.05. The minimum atomic E-state index is -3.83. The van der Waals surface area contributed by atoms with Crippen LogP contribution in [0.3, 0.4) is 0 Å². The van der Waals surface area contributed by atoms with Crippen LogP contribution in [0.5, 0.6) is 5.75 Å². The maximum Gasteiger partial charge on any atom is 0.260 e. The Morgan fingerprint density at radius 2 is 2.00 bits per heavy atom. The number of rotatable bonds is 6. The van der Waals surface area contributed by atoms with E-state index in [4.69, 9.17) is 16.3 Å². The van der Waals surface area contributed by atoms with Crippen molar-refractivity contribution >= 4 is 39.1 Å². The fraction of sp³-hybridized carbons (Fsp3) is 0.263. The average Bonchev–Trinajstić information content (AvgIpc) is 2.82. The van der Waals surface area contributed by atoms with Crippen LogP contribution in [0, 0.1) is 0 Å². The van der Waals surface area contributed by atoms with Crippen molar-refractivity contribution in [1.29, 1.82) is 0 Å². The standard InChI is InChI=1S/C19H20ClN3O5S/c1-13(24)22-17-7-6-15(10-16(17)20)29(26,27)21-8-9-23-11-14-4-2-3-5-18(14)28-12-19(23)25/h2-7,10,21H,8-9,11-12H2,1H3,(H,22,24). The predicted octanol–water partition coefficient (Wildman–Crippen LogP) is 2.00. The Balaban J connectivity index is 1.64. The van der Waals surface area contributed by atoms with Crippen molar-refractivity contribution < 1.29 is 22.7 Å². The Hall–Kier alpha value is -2.62. The van der Waals surface area contributed by atoms with Gasteiger partial charge in [-0.15, -0.1) is 0 Å². The summed E-state index contributed by atoms with van der Waals surface area (Å²) in [6.07, 6.45) is 0. The first-order valence-electron chi connectivity index (χ1n) is 8.81. The molecular weight excluding hydrogens is 418 g/mol. The molecule has 2 amide bonds. The van der Waals surface area contributed by atoms with Gasteiger partial charge in [-0.25, -0.2) is 13.1 Å². The molecule has 1 aliphatic heterocycles. The molecule has 0 aromatic heterocycles. The van der Waals surface area contributed by atoms with Crippen molar-refractivity contribution in [1.82, 2.24) is 9.62 Å². The molecule has 29 heavy (non-hydrogen) atoms. The summed E-state index contributed by atoms with van der Waals surface area (Å²) < 4.78 is 33.0. The number of halogens is 1. The summed E-state index contributed by atoms with van der Waals surface area (Å²) in [5.74, 6) is 0.120. The highest BCUT2D eigenvalue weighted by Gasteiger charge is 2.22. The van der Waals surface area contributed by atoms with Crippen LogP contribution in [-0.4, -0.2) is 44.8 Å². The van der Waals surface area contributed by atoms with E-state index in [1.165, 1.54) is 25.1 Å². The van der Waals surface area contributed by atoms with Crippen LogP contribution in [-0.2, 0) is 26.2 Å². The highest BCUT2D eigenvalue weighted by molar-refractivity contribution is 7.89. The summed E-state index contributed by atoms with van der Waals surface area (Å²) in [5.41, 5.74) is 1.19. The highest BCUT2D eigenvalue weighted by atomic mass is 35.5. The number of para-hydroxylation sites is 1. The van der Waals surface area contributed by atoms with E-state index in [9.17, 15) is 18.0 Å². The summed E-state index contributed by atoms with van der Waals surface area (Å²) in [5, 5.41) is 2.63. The Morgan fingerprint density at radius 1 is 1.24 bits per heavy atom. The molecule has 0 bridgehead atoms. The third kappa shape index (κ3) is 5.26. The first kappa shape index (κ1) is 21.1. The van der Waals surface area contributed by atoms with Crippen molar-refractivity contribution in [2.45, 2.75) is 18.4 Å². The maximum absolute atomic E-state index is 12.5. The van der Waals surface area contributed by atoms with Gasteiger partial charge in [-0.1, -0.05) is 29.8 Å². The third-order valence-electron chi connectivity index (χ3n) is 4.27. The number of sulfonamides is 1. The quantitative estimate of drug-likeness (QED) is 0.719. The maximum atomic E-state index is 12.5. The molecule has 154 valence electrons. The van der Waals surface area contributed by atoms with Gasteiger partial charge < -0.3 is 15.0 Å². The van der Waals surface area contributed by atoms with Crippen LogP contribution in [0.2, 0.25) is 5.02 Å². The number of anilines is 1. The van der Waals surface area contributed by atoms with Crippen LogP contribution < -0.4 is 14.8 Å². The molecule has 0 aliphatic carbocycles. The molecular formula is C19H20ClN3O5S. The average molecular weight is 438 g/mol. The van der Waals surface area contributed by atoms with E-state index in [1.54, 1.807) is 11.0 Å². The van der Waals surface area contributed by atoms with Crippen molar-refractivity contribution in [2.24, 2.45) is 0 Å². The number of nitrogens with zero attached hydrogens (tertiary/aromatic N) is 1. The first-order chi connectivity index (χ1) is 13.8. The van der Waals surface area contributed by atoms with E-state index in [0.717, 1.165) is 5.56 Å². The number of carbonyl (C=O) groups excluding carboxylic acids is 2. The summed E-state index contributed by atoms with van der Waals surface area (Å²) in [4.78, 5) is 24.9. The smallest absolute Gasteiger partial charge is 0.260 e. The summed E-state index contributed by atoms with van der Waals surface area (Å²) in [7, 11) is -3.83. The molecule has 3 rings (SSSR count). The minimum Gasteiger partial charge on any atom is -0.483 e. The van der Waals surface area contributed by atoms with Crippen LogP contribution >= 0.6 is 11.6 Å². The van der Waals surface area contributed by atoms with Crippen molar-refractivity contribution in [3.8, 4) is 5.75 Å². The molecule has 2 N–H and O–H groups in total.